The summed E-state index contributed by atoms with van der Waals surface area (Å²) in [7, 11) is 0. The molecule has 0 saturated heterocycles. The summed E-state index contributed by atoms with van der Waals surface area (Å²) < 4.78 is 0.646. The second-order valence-electron chi connectivity index (χ2n) is 8.49. The van der Waals surface area contributed by atoms with Crippen molar-refractivity contribution in [3.63, 3.8) is 0 Å². The molecule has 2 aliphatic rings. The van der Waals surface area contributed by atoms with Gasteiger partial charge in [0.25, 0.3) is 5.91 Å². The molecule has 166 valence electrons. The Morgan fingerprint density at radius 2 is 1.20 bits per heavy atom. The van der Waals surface area contributed by atoms with E-state index in [4.69, 9.17) is 0 Å². The largest absolute Gasteiger partial charge is 0.276 e. The molecule has 5 heteroatoms. The normalized spacial score (nSPS) is 14.4. The fraction of sp³-hybridized carbons (Fsp3) is 0.0333. The predicted octanol–water partition coefficient (Wildman–Crippen LogP) is 8.25. The Morgan fingerprint density at radius 3 is 1.71 bits per heavy atom. The van der Waals surface area contributed by atoms with Gasteiger partial charge >= 0.3 is 0 Å². The fourth-order valence-electron chi connectivity index (χ4n) is 5.50. The number of anilines is 2. The van der Waals surface area contributed by atoms with E-state index in [9.17, 15) is 4.79 Å². The van der Waals surface area contributed by atoms with Crippen molar-refractivity contribution in [1.82, 2.24) is 0 Å². The van der Waals surface area contributed by atoms with Crippen molar-refractivity contribution in [3.8, 4) is 0 Å². The van der Waals surface area contributed by atoms with Crippen LogP contribution in [0.25, 0.3) is 0 Å². The van der Waals surface area contributed by atoms with Gasteiger partial charge in [-0.05, 0) is 73.9 Å². The van der Waals surface area contributed by atoms with Crippen LogP contribution in [0, 0.1) is 11.4 Å². The van der Waals surface area contributed by atoms with Crippen molar-refractivity contribution in [2.75, 3.05) is 4.90 Å². The van der Waals surface area contributed by atoms with Gasteiger partial charge in [0.2, 0.25) is 0 Å². The van der Waals surface area contributed by atoms with Gasteiger partial charge in [-0.15, -0.1) is 0 Å². The second-order valence-corrected chi connectivity index (χ2v) is 11.2. The molecule has 5 aromatic rings. The lowest BCUT2D eigenvalue weighted by molar-refractivity contribution is 0.100. The maximum absolute atomic E-state index is 14.0. The predicted molar refractivity (Wildman–Crippen MR) is 145 cm³/mol. The molecule has 3 heterocycles. The number of rotatable bonds is 1. The first kappa shape index (κ1) is 21.0. The molecule has 1 aromatic heterocycles. The maximum Gasteiger partial charge on any atom is 0.275 e. The first-order valence-electron chi connectivity index (χ1n) is 11.2. The van der Waals surface area contributed by atoms with E-state index in [-0.39, 0.29) is 5.91 Å². The lowest BCUT2D eigenvalue weighted by Crippen LogP contribution is -2.42. The minimum absolute atomic E-state index is 0.0825. The van der Waals surface area contributed by atoms with Gasteiger partial charge in [-0.1, -0.05) is 95.9 Å². The Balaban J connectivity index is 1.62. The van der Waals surface area contributed by atoms with Gasteiger partial charge in [-0.25, -0.2) is 0 Å². The topological polar surface area (TPSA) is 20.3 Å². The number of carbonyl (C=O) groups excluding carboxylic acids is 1. The van der Waals surface area contributed by atoms with Crippen molar-refractivity contribution >= 4 is 56.3 Å². The monoisotopic (exact) mass is 549 g/mol. The third-order valence-corrected chi connectivity index (χ3v) is 9.61. The van der Waals surface area contributed by atoms with Crippen LogP contribution in [0.1, 0.15) is 31.9 Å². The van der Waals surface area contributed by atoms with Gasteiger partial charge in [0.15, 0.2) is 0 Å². The molecule has 0 N–H and O–H groups in total. The summed E-state index contributed by atoms with van der Waals surface area (Å²) in [5.41, 5.74) is 5.96. The SMILES string of the molecule is O=C(c1sc#cc1Br)N1c2ccccc2C2(c3ccccc3Sc3ccccc32)c2ccccc21. The molecule has 1 spiro atoms. The van der Waals surface area contributed by atoms with Crippen LogP contribution in [0.2, 0.25) is 0 Å². The highest BCUT2D eigenvalue weighted by molar-refractivity contribution is 9.10. The molecule has 4 aromatic carbocycles. The summed E-state index contributed by atoms with van der Waals surface area (Å²) in [5, 5.41) is 2.97. The Kier molecular flexibility index (Phi) is 4.72. The van der Waals surface area contributed by atoms with Crippen LogP contribution >= 0.6 is 39.0 Å². The van der Waals surface area contributed by atoms with Crippen LogP contribution in [-0.2, 0) is 5.41 Å². The lowest BCUT2D eigenvalue weighted by Gasteiger charge is -2.48. The maximum atomic E-state index is 14.0. The number of para-hydroxylation sites is 2. The van der Waals surface area contributed by atoms with Crippen LogP contribution in [-0.4, -0.2) is 5.91 Å². The number of fused-ring (bicyclic) bond motifs is 8. The molecule has 7 rings (SSSR count). The molecular weight excluding hydrogens is 534 g/mol. The van der Waals surface area contributed by atoms with Gasteiger partial charge in [0, 0.05) is 9.79 Å². The Labute approximate surface area is 220 Å². The zero-order valence-electron chi connectivity index (χ0n) is 18.3. The minimum Gasteiger partial charge on any atom is -0.276 e. The molecule has 0 atom stereocenters. The minimum atomic E-state index is -0.534. The molecule has 0 radical (unpaired) electrons. The second kappa shape index (κ2) is 7.86. The summed E-state index contributed by atoms with van der Waals surface area (Å²) in [6.07, 6.45) is 0. The summed E-state index contributed by atoms with van der Waals surface area (Å²) >= 11 is 6.60. The number of amides is 1. The van der Waals surface area contributed by atoms with Gasteiger partial charge < -0.3 is 0 Å². The molecule has 0 bridgehead atoms. The van der Waals surface area contributed by atoms with E-state index >= 15 is 0 Å². The number of nitrogens with zero attached hydrogens (tertiary/aromatic N) is 1. The van der Waals surface area contributed by atoms with Crippen LogP contribution in [0.3, 0.4) is 0 Å². The number of hydrogen-bond donors (Lipinski definition) is 0. The van der Waals surface area contributed by atoms with Gasteiger partial charge in [-0.2, -0.15) is 0 Å². The number of hydrogen-bond acceptors (Lipinski definition) is 3. The number of benzene rings is 4. The smallest absolute Gasteiger partial charge is 0.275 e. The third-order valence-electron chi connectivity index (χ3n) is 6.81. The van der Waals surface area contributed by atoms with Gasteiger partial charge in [0.05, 0.1) is 21.3 Å². The van der Waals surface area contributed by atoms with E-state index in [0.29, 0.717) is 9.35 Å². The average Bonchev–Trinajstić information content (AvgIpc) is 3.34. The van der Waals surface area contributed by atoms with Crippen molar-refractivity contribution in [3.05, 3.63) is 140 Å². The Hall–Kier alpha value is -3.30. The standard InChI is InChI=1S/C30H16BrNOS2/c31-23-17-18-34-28(23)29(33)32-24-13-5-1-9-19(24)30(20-10-2-6-14-25(20)32)21-11-3-7-15-26(21)35-27-16-8-4-12-22(27)30/h1-16H. The highest BCUT2D eigenvalue weighted by Gasteiger charge is 2.50. The number of carbonyl (C=O) groups is 1. The van der Waals surface area contributed by atoms with E-state index in [0.717, 1.165) is 22.5 Å². The van der Waals surface area contributed by atoms with Gasteiger partial charge in [-0.3, -0.25) is 9.69 Å². The molecule has 2 nitrogen and oxygen atoms in total. The zero-order valence-corrected chi connectivity index (χ0v) is 21.5. The van der Waals surface area contributed by atoms with Crippen molar-refractivity contribution in [2.24, 2.45) is 0 Å². The summed E-state index contributed by atoms with van der Waals surface area (Å²) in [6.45, 7) is 0. The van der Waals surface area contributed by atoms with Crippen molar-refractivity contribution in [1.29, 1.82) is 0 Å². The molecule has 0 fully saturated rings. The Bertz CT molecular complexity index is 1540. The average molecular weight is 551 g/mol. The van der Waals surface area contributed by atoms with Crippen molar-refractivity contribution in [2.45, 2.75) is 15.2 Å². The van der Waals surface area contributed by atoms with Crippen LogP contribution in [0.15, 0.2) is 111 Å². The van der Waals surface area contributed by atoms with E-state index < -0.39 is 5.41 Å². The molecular formula is C30H16BrNOS2. The summed E-state index contributed by atoms with van der Waals surface area (Å²) in [4.78, 5) is 19.0. The van der Waals surface area contributed by atoms with Crippen molar-refractivity contribution < 1.29 is 4.79 Å². The lowest BCUT2D eigenvalue weighted by atomic mass is 9.62. The third kappa shape index (κ3) is 2.82. The highest BCUT2D eigenvalue weighted by atomic mass is 79.9. The molecule has 1 amide bonds. The van der Waals surface area contributed by atoms with E-state index in [1.54, 1.807) is 0 Å². The van der Waals surface area contributed by atoms with E-state index in [1.165, 1.54) is 32.3 Å². The molecule has 0 saturated carbocycles. The van der Waals surface area contributed by atoms with Crippen LogP contribution < -0.4 is 4.90 Å². The van der Waals surface area contributed by atoms with Gasteiger partial charge in [0.1, 0.15) is 4.88 Å². The highest BCUT2D eigenvalue weighted by Crippen LogP contribution is 2.61. The molecule has 0 unspecified atom stereocenters. The summed E-state index contributed by atoms with van der Waals surface area (Å²) in [5.74, 6) is -0.0825. The molecule has 35 heavy (non-hydrogen) atoms. The Morgan fingerprint density at radius 1 is 0.714 bits per heavy atom. The molecule has 2 aliphatic heterocycles. The first-order valence-corrected chi connectivity index (χ1v) is 13.6. The molecule has 0 aliphatic carbocycles. The quantitative estimate of drug-likeness (QED) is 0.206. The summed E-state index contributed by atoms with van der Waals surface area (Å²) in [6, 6.07) is 37.0. The van der Waals surface area contributed by atoms with E-state index in [2.05, 4.69) is 112 Å². The van der Waals surface area contributed by atoms with Crippen LogP contribution in [0.4, 0.5) is 11.4 Å². The number of halogens is 1. The fourth-order valence-corrected chi connectivity index (χ4v) is 7.91. The first-order chi connectivity index (χ1) is 17.2. The van der Waals surface area contributed by atoms with E-state index in [1.807, 2.05) is 28.8 Å². The zero-order chi connectivity index (χ0) is 23.6. The van der Waals surface area contributed by atoms with Crippen LogP contribution in [0.5, 0.6) is 0 Å².